The van der Waals surface area contributed by atoms with Crippen molar-refractivity contribution in [1.29, 1.82) is 0 Å². The zero-order valence-electron chi connectivity index (χ0n) is 9.34. The topological polar surface area (TPSA) is 119 Å². The Morgan fingerprint density at radius 1 is 1.21 bits per heavy atom. The van der Waals surface area contributed by atoms with Crippen molar-refractivity contribution in [2.75, 3.05) is 0 Å². The maximum atomic E-state index is 11.6. The van der Waals surface area contributed by atoms with Crippen LogP contribution in [0.2, 0.25) is 0 Å². The third-order valence-corrected chi connectivity index (χ3v) is 3.38. The van der Waals surface area contributed by atoms with Crippen molar-refractivity contribution in [3.05, 3.63) is 34.6 Å². The summed E-state index contributed by atoms with van der Waals surface area (Å²) in [5, 5.41) is 1.88. The number of allylic oxidation sites excluding steroid dienone is 2. The number of rotatable bonds is 2. The molecule has 8 heteroatoms. The average molecular weight is 274 g/mol. The molecule has 0 bridgehead atoms. The number of hydrogen-bond acceptors (Lipinski definition) is 6. The Balaban J connectivity index is 2.08. The number of carbonyl (C=O) groups is 3. The summed E-state index contributed by atoms with van der Waals surface area (Å²) in [6, 6.07) is 0. The zero-order valence-corrected chi connectivity index (χ0v) is 10.2. The monoisotopic (exact) mass is 274 g/mol. The molecule has 3 rings (SSSR count). The second kappa shape index (κ2) is 3.95. The number of imidazole rings is 1. The van der Waals surface area contributed by atoms with E-state index in [1.165, 1.54) is 17.5 Å². The number of amides is 1. The highest BCUT2D eigenvalue weighted by molar-refractivity contribution is 7.13. The fraction of sp³-hybridized carbons (Fsp3) is 0. The Morgan fingerprint density at radius 2 is 1.95 bits per heavy atom. The van der Waals surface area contributed by atoms with Crippen molar-refractivity contribution in [1.82, 2.24) is 15.0 Å². The van der Waals surface area contributed by atoms with Crippen molar-refractivity contribution in [2.45, 2.75) is 0 Å². The highest BCUT2D eigenvalue weighted by atomic mass is 32.1. The zero-order chi connectivity index (χ0) is 13.6. The molecule has 0 unspecified atom stereocenters. The number of nitrogens with zero attached hydrogens (tertiary/aromatic N) is 2. The molecule has 0 atom stereocenters. The molecule has 0 saturated carbocycles. The predicted octanol–water partition coefficient (Wildman–Crippen LogP) is 0.567. The number of ketones is 2. The Hall–Kier alpha value is -2.61. The van der Waals surface area contributed by atoms with E-state index in [-0.39, 0.29) is 34.5 Å². The van der Waals surface area contributed by atoms with Gasteiger partial charge in [0.2, 0.25) is 11.6 Å². The summed E-state index contributed by atoms with van der Waals surface area (Å²) in [6.45, 7) is 0. The average Bonchev–Trinajstić information content (AvgIpc) is 2.99. The molecule has 19 heavy (non-hydrogen) atoms. The lowest BCUT2D eigenvalue weighted by Gasteiger charge is -1.98. The van der Waals surface area contributed by atoms with Gasteiger partial charge >= 0.3 is 0 Å². The molecule has 94 valence electrons. The van der Waals surface area contributed by atoms with Gasteiger partial charge in [-0.15, -0.1) is 11.3 Å². The second-order valence-electron chi connectivity index (χ2n) is 3.77. The highest BCUT2D eigenvalue weighted by Crippen LogP contribution is 2.24. The van der Waals surface area contributed by atoms with E-state index in [9.17, 15) is 14.4 Å². The highest BCUT2D eigenvalue weighted by Gasteiger charge is 2.25. The second-order valence-corrected chi connectivity index (χ2v) is 4.63. The molecular weight excluding hydrogens is 268 g/mol. The van der Waals surface area contributed by atoms with Crippen LogP contribution in [0.1, 0.15) is 31.5 Å². The normalized spacial score (nSPS) is 13.7. The molecular formula is C11H6N4O3S. The van der Waals surface area contributed by atoms with Crippen molar-refractivity contribution in [3.8, 4) is 10.8 Å². The van der Waals surface area contributed by atoms with Gasteiger partial charge in [-0.05, 0) is 12.2 Å². The number of carbonyl (C=O) groups excluding carboxylic acids is 3. The predicted molar refractivity (Wildman–Crippen MR) is 66.0 cm³/mol. The first kappa shape index (κ1) is 11.5. The van der Waals surface area contributed by atoms with Crippen LogP contribution in [0.4, 0.5) is 0 Å². The van der Waals surface area contributed by atoms with Gasteiger partial charge in [0.25, 0.3) is 5.91 Å². The minimum atomic E-state index is -0.646. The first-order valence-electron chi connectivity index (χ1n) is 5.18. The molecule has 0 saturated heterocycles. The number of fused-ring (bicyclic) bond motifs is 1. The molecule has 0 spiro atoms. The molecule has 2 aromatic heterocycles. The van der Waals surface area contributed by atoms with Gasteiger partial charge < -0.3 is 10.7 Å². The van der Waals surface area contributed by atoms with E-state index in [0.717, 1.165) is 11.3 Å². The van der Waals surface area contributed by atoms with E-state index in [4.69, 9.17) is 5.73 Å². The summed E-state index contributed by atoms with van der Waals surface area (Å²) in [5.41, 5.74) is 5.42. The standard InChI is InChI=1S/C11H6N4O3S/c12-9(18)4-3-19-11(13-4)10-14-7-5(16)1-2-6(17)8(7)15-10/h1-3H,(H2,12,18)(H,14,15). The summed E-state index contributed by atoms with van der Waals surface area (Å²) in [4.78, 5) is 44.9. The van der Waals surface area contributed by atoms with Gasteiger partial charge in [0.05, 0.1) is 0 Å². The van der Waals surface area contributed by atoms with Crippen LogP contribution in [-0.4, -0.2) is 32.4 Å². The number of nitrogens with two attached hydrogens (primary N) is 1. The molecule has 1 aliphatic carbocycles. The number of aromatic nitrogens is 3. The number of thiazole rings is 1. The van der Waals surface area contributed by atoms with E-state index >= 15 is 0 Å². The Morgan fingerprint density at radius 3 is 2.58 bits per heavy atom. The molecule has 0 aromatic carbocycles. The SMILES string of the molecule is NC(=O)c1csc(-c2nc3c([nH]2)C(=O)C=CC3=O)n1. The van der Waals surface area contributed by atoms with Crippen LogP contribution in [0.15, 0.2) is 17.5 Å². The van der Waals surface area contributed by atoms with Gasteiger partial charge in [-0.25, -0.2) is 9.97 Å². The maximum absolute atomic E-state index is 11.6. The molecule has 1 amide bonds. The van der Waals surface area contributed by atoms with Gasteiger partial charge in [-0.2, -0.15) is 0 Å². The number of nitrogens with one attached hydrogen (secondary N) is 1. The van der Waals surface area contributed by atoms with Crippen LogP contribution in [0.5, 0.6) is 0 Å². The van der Waals surface area contributed by atoms with Crippen LogP contribution in [0, 0.1) is 0 Å². The molecule has 2 heterocycles. The fourth-order valence-electron chi connectivity index (χ4n) is 1.64. The number of aromatic amines is 1. The lowest BCUT2D eigenvalue weighted by molar-refractivity contribution is 0.0989. The fourth-order valence-corrected chi connectivity index (χ4v) is 2.39. The molecule has 1 aliphatic rings. The van der Waals surface area contributed by atoms with Crippen LogP contribution in [-0.2, 0) is 0 Å². The lowest BCUT2D eigenvalue weighted by atomic mass is 10.1. The van der Waals surface area contributed by atoms with Gasteiger partial charge in [0.15, 0.2) is 10.8 Å². The quantitative estimate of drug-likeness (QED) is 0.829. The molecule has 0 aliphatic heterocycles. The van der Waals surface area contributed by atoms with Crippen molar-refractivity contribution in [3.63, 3.8) is 0 Å². The van der Waals surface area contributed by atoms with E-state index in [1.54, 1.807) is 0 Å². The molecule has 2 aromatic rings. The van der Waals surface area contributed by atoms with Crippen LogP contribution < -0.4 is 5.73 Å². The first-order chi connectivity index (χ1) is 9.06. The molecule has 7 nitrogen and oxygen atoms in total. The first-order valence-corrected chi connectivity index (χ1v) is 6.06. The van der Waals surface area contributed by atoms with Crippen molar-refractivity contribution in [2.24, 2.45) is 5.73 Å². The van der Waals surface area contributed by atoms with Crippen LogP contribution in [0.25, 0.3) is 10.8 Å². The Kier molecular flexibility index (Phi) is 2.39. The number of H-pyrrole nitrogens is 1. The van der Waals surface area contributed by atoms with Crippen LogP contribution >= 0.6 is 11.3 Å². The van der Waals surface area contributed by atoms with Crippen LogP contribution in [0.3, 0.4) is 0 Å². The minimum absolute atomic E-state index is 0.0679. The third-order valence-electron chi connectivity index (χ3n) is 2.53. The van der Waals surface area contributed by atoms with Gasteiger partial charge in [0.1, 0.15) is 17.1 Å². The molecule has 0 fully saturated rings. The molecule has 0 radical (unpaired) electrons. The lowest BCUT2D eigenvalue weighted by Crippen LogP contribution is -2.10. The Bertz CT molecular complexity index is 720. The summed E-state index contributed by atoms with van der Waals surface area (Å²) >= 11 is 1.15. The van der Waals surface area contributed by atoms with E-state index in [1.807, 2.05) is 0 Å². The number of hydrogen-bond donors (Lipinski definition) is 2. The summed E-state index contributed by atoms with van der Waals surface area (Å²) in [7, 11) is 0. The molecule has 3 N–H and O–H groups in total. The van der Waals surface area contributed by atoms with Gasteiger partial charge in [-0.1, -0.05) is 0 Å². The van der Waals surface area contributed by atoms with E-state index in [0.29, 0.717) is 5.01 Å². The Labute approximate surface area is 110 Å². The largest absolute Gasteiger partial charge is 0.364 e. The smallest absolute Gasteiger partial charge is 0.268 e. The number of primary amides is 1. The van der Waals surface area contributed by atoms with Gasteiger partial charge in [-0.3, -0.25) is 14.4 Å². The van der Waals surface area contributed by atoms with Gasteiger partial charge in [0, 0.05) is 5.38 Å². The van der Waals surface area contributed by atoms with Crippen molar-refractivity contribution < 1.29 is 14.4 Å². The third kappa shape index (κ3) is 1.78. The van der Waals surface area contributed by atoms with E-state index in [2.05, 4.69) is 15.0 Å². The van der Waals surface area contributed by atoms with E-state index < -0.39 is 5.91 Å². The summed E-state index contributed by atoms with van der Waals surface area (Å²) in [6.07, 6.45) is 2.36. The minimum Gasteiger partial charge on any atom is -0.364 e. The van der Waals surface area contributed by atoms with Crippen molar-refractivity contribution >= 4 is 28.8 Å². The summed E-state index contributed by atoms with van der Waals surface area (Å²) in [5.74, 6) is -1.04. The maximum Gasteiger partial charge on any atom is 0.268 e. The summed E-state index contributed by atoms with van der Waals surface area (Å²) < 4.78 is 0.